The highest BCUT2D eigenvalue weighted by Crippen LogP contribution is 2.58. The molecule has 1 unspecified atom stereocenters. The van der Waals surface area contributed by atoms with E-state index in [1.54, 1.807) is 14.7 Å². The van der Waals surface area contributed by atoms with Gasteiger partial charge in [-0.15, -0.1) is 0 Å². The number of benzene rings is 1. The zero-order valence-corrected chi connectivity index (χ0v) is 22.7. The summed E-state index contributed by atoms with van der Waals surface area (Å²) >= 11 is 0. The van der Waals surface area contributed by atoms with Crippen molar-refractivity contribution in [1.29, 1.82) is 0 Å². The minimum absolute atomic E-state index is 0.102. The first-order chi connectivity index (χ1) is 18.2. The summed E-state index contributed by atoms with van der Waals surface area (Å²) in [6.45, 7) is 9.27. The van der Waals surface area contributed by atoms with Crippen LogP contribution in [0.3, 0.4) is 0 Å². The standard InChI is InChI=1S/C30H39N3O5/c1-5-15-31-16-9-13-29(4)23(26(31)35)24-27(36)33(22(19-34)20(2)3)25-28(37)32(17-10-14-30(24,25)38-29)18-21-11-7-6-8-12-21/h6-14,20,22-25,34H,5,15-19H2,1-4H3/t22-,23+,24-,25?,29-,30-/m0/s1. The summed E-state index contributed by atoms with van der Waals surface area (Å²) in [6, 6.07) is 8.19. The lowest BCUT2D eigenvalue weighted by Crippen LogP contribution is -2.59. The highest BCUT2D eigenvalue weighted by molar-refractivity contribution is 6.00. The van der Waals surface area contributed by atoms with Crippen LogP contribution in [-0.4, -0.2) is 87.1 Å². The fraction of sp³-hybridized carbons (Fsp3) is 0.567. The molecule has 0 bridgehead atoms. The van der Waals surface area contributed by atoms with Gasteiger partial charge in [0.2, 0.25) is 17.7 Å². The van der Waals surface area contributed by atoms with E-state index in [9.17, 15) is 19.5 Å². The van der Waals surface area contributed by atoms with E-state index >= 15 is 0 Å². The van der Waals surface area contributed by atoms with Gasteiger partial charge in [0.05, 0.1) is 30.1 Å². The number of nitrogens with zero attached hydrogens (tertiary/aromatic N) is 3. The van der Waals surface area contributed by atoms with Crippen LogP contribution in [0.15, 0.2) is 54.6 Å². The Hall–Kier alpha value is -2.97. The highest BCUT2D eigenvalue weighted by Gasteiger charge is 2.75. The van der Waals surface area contributed by atoms with Crippen molar-refractivity contribution < 1.29 is 24.2 Å². The second-order valence-electron chi connectivity index (χ2n) is 11.5. The molecule has 3 amide bonds. The number of carbonyl (C=O) groups is 3. The quantitative estimate of drug-likeness (QED) is 0.557. The smallest absolute Gasteiger partial charge is 0.249 e. The first-order valence-electron chi connectivity index (χ1n) is 13.8. The van der Waals surface area contributed by atoms with E-state index in [1.807, 2.05) is 82.3 Å². The lowest BCUT2D eigenvalue weighted by molar-refractivity contribution is -0.157. The predicted molar refractivity (Wildman–Crippen MR) is 143 cm³/mol. The second-order valence-corrected chi connectivity index (χ2v) is 11.5. The SMILES string of the molecule is CCCN1CC=C[C@]2(C)O[C@]34C=CCN(Cc5ccccc5)C(=O)C3N([C@@H](CO)C(C)C)C(=O)[C@@H]4[C@@H]2C1=O. The zero-order valence-electron chi connectivity index (χ0n) is 22.7. The Kier molecular flexibility index (Phi) is 6.99. The summed E-state index contributed by atoms with van der Waals surface area (Å²) in [5, 5.41) is 10.4. The monoisotopic (exact) mass is 521 g/mol. The number of aliphatic hydroxyl groups is 1. The van der Waals surface area contributed by atoms with Crippen molar-refractivity contribution in [2.24, 2.45) is 17.8 Å². The van der Waals surface area contributed by atoms with Gasteiger partial charge < -0.3 is 24.5 Å². The van der Waals surface area contributed by atoms with Gasteiger partial charge in [0.25, 0.3) is 0 Å². The Labute approximate surface area is 224 Å². The van der Waals surface area contributed by atoms with Crippen LogP contribution in [-0.2, 0) is 25.7 Å². The van der Waals surface area contributed by atoms with Gasteiger partial charge in [-0.2, -0.15) is 0 Å². The molecular formula is C30H39N3O5. The van der Waals surface area contributed by atoms with Gasteiger partial charge in [0.15, 0.2) is 0 Å². The molecule has 204 valence electrons. The number of likely N-dealkylation sites (tertiary alicyclic amines) is 1. The van der Waals surface area contributed by atoms with E-state index < -0.39 is 35.1 Å². The molecule has 0 saturated carbocycles. The molecule has 0 aliphatic carbocycles. The Bertz CT molecular complexity index is 1150. The van der Waals surface area contributed by atoms with Crippen LogP contribution in [0.2, 0.25) is 0 Å². The van der Waals surface area contributed by atoms with Gasteiger partial charge in [-0.1, -0.05) is 75.4 Å². The van der Waals surface area contributed by atoms with Crippen molar-refractivity contribution in [3.63, 3.8) is 0 Å². The van der Waals surface area contributed by atoms with Crippen LogP contribution in [0.5, 0.6) is 0 Å². The molecular weight excluding hydrogens is 482 g/mol. The van der Waals surface area contributed by atoms with Crippen molar-refractivity contribution in [1.82, 2.24) is 14.7 Å². The van der Waals surface area contributed by atoms with Crippen LogP contribution >= 0.6 is 0 Å². The minimum atomic E-state index is -1.31. The van der Waals surface area contributed by atoms with Crippen LogP contribution in [0.4, 0.5) is 0 Å². The first-order valence-corrected chi connectivity index (χ1v) is 13.8. The molecule has 38 heavy (non-hydrogen) atoms. The molecule has 8 nitrogen and oxygen atoms in total. The Morgan fingerprint density at radius 2 is 1.66 bits per heavy atom. The van der Waals surface area contributed by atoms with E-state index in [-0.39, 0.29) is 30.2 Å². The number of fused-ring (bicyclic) bond motifs is 2. The molecule has 5 rings (SSSR count). The molecule has 2 saturated heterocycles. The number of hydrogen-bond donors (Lipinski definition) is 1. The molecule has 0 aromatic heterocycles. The third-order valence-electron chi connectivity index (χ3n) is 8.69. The third-order valence-corrected chi connectivity index (χ3v) is 8.69. The Morgan fingerprint density at radius 3 is 2.32 bits per heavy atom. The number of ether oxygens (including phenoxy) is 1. The summed E-state index contributed by atoms with van der Waals surface area (Å²) in [5.41, 5.74) is -1.36. The van der Waals surface area contributed by atoms with Crippen molar-refractivity contribution in [3.8, 4) is 0 Å². The van der Waals surface area contributed by atoms with Crippen molar-refractivity contribution in [2.75, 3.05) is 26.2 Å². The first kappa shape index (κ1) is 26.6. The normalized spacial score (nSPS) is 33.4. The molecule has 1 aromatic rings. The average molecular weight is 522 g/mol. The molecule has 2 fully saturated rings. The van der Waals surface area contributed by atoms with Crippen LogP contribution in [0, 0.1) is 17.8 Å². The van der Waals surface area contributed by atoms with Gasteiger partial charge in [-0.05, 0) is 24.8 Å². The van der Waals surface area contributed by atoms with Gasteiger partial charge in [0, 0.05) is 26.2 Å². The number of hydrogen-bond acceptors (Lipinski definition) is 5. The van der Waals surface area contributed by atoms with Crippen LogP contribution in [0.1, 0.15) is 39.7 Å². The largest absolute Gasteiger partial charge is 0.394 e. The molecule has 4 aliphatic rings. The maximum atomic E-state index is 14.4. The van der Waals surface area contributed by atoms with Gasteiger partial charge in [-0.3, -0.25) is 14.4 Å². The highest BCUT2D eigenvalue weighted by atomic mass is 16.5. The van der Waals surface area contributed by atoms with E-state index in [0.717, 1.165) is 12.0 Å². The molecule has 6 atom stereocenters. The van der Waals surface area contributed by atoms with Gasteiger partial charge >= 0.3 is 0 Å². The fourth-order valence-corrected chi connectivity index (χ4v) is 6.95. The van der Waals surface area contributed by atoms with Gasteiger partial charge in [0.1, 0.15) is 11.6 Å². The summed E-state index contributed by atoms with van der Waals surface area (Å²) in [5.74, 6) is -2.37. The van der Waals surface area contributed by atoms with E-state index in [4.69, 9.17) is 4.74 Å². The molecule has 8 heteroatoms. The average Bonchev–Trinajstić information content (AvgIpc) is 3.16. The number of amides is 3. The Morgan fingerprint density at radius 1 is 0.974 bits per heavy atom. The molecule has 1 aromatic carbocycles. The molecule has 1 N–H and O–H groups in total. The van der Waals surface area contributed by atoms with E-state index in [2.05, 4.69) is 0 Å². The maximum absolute atomic E-state index is 14.4. The minimum Gasteiger partial charge on any atom is -0.394 e. The molecule has 4 aliphatic heterocycles. The number of rotatable bonds is 7. The fourth-order valence-electron chi connectivity index (χ4n) is 6.95. The van der Waals surface area contributed by atoms with Crippen molar-refractivity contribution in [3.05, 3.63) is 60.2 Å². The number of aliphatic hydroxyl groups excluding tert-OH is 1. The second kappa shape index (κ2) is 9.97. The number of carbonyl (C=O) groups excluding carboxylic acids is 3. The molecule has 4 heterocycles. The zero-order chi connectivity index (χ0) is 27.2. The van der Waals surface area contributed by atoms with Crippen molar-refractivity contribution in [2.45, 2.75) is 63.9 Å². The maximum Gasteiger partial charge on any atom is 0.249 e. The van der Waals surface area contributed by atoms with E-state index in [1.165, 1.54) is 0 Å². The lowest BCUT2D eigenvalue weighted by atomic mass is 9.74. The third kappa shape index (κ3) is 4.00. The van der Waals surface area contributed by atoms with Crippen LogP contribution in [0.25, 0.3) is 0 Å². The Balaban J connectivity index is 1.63. The molecule has 1 spiro atoms. The van der Waals surface area contributed by atoms with Crippen molar-refractivity contribution >= 4 is 17.7 Å². The predicted octanol–water partition coefficient (Wildman–Crippen LogP) is 2.38. The topological polar surface area (TPSA) is 90.4 Å². The van der Waals surface area contributed by atoms with Crippen LogP contribution < -0.4 is 0 Å². The summed E-state index contributed by atoms with van der Waals surface area (Å²) < 4.78 is 6.86. The van der Waals surface area contributed by atoms with Gasteiger partial charge in [-0.25, -0.2) is 0 Å². The summed E-state index contributed by atoms with van der Waals surface area (Å²) in [6.07, 6.45) is 8.42. The van der Waals surface area contributed by atoms with E-state index in [0.29, 0.717) is 26.2 Å². The molecule has 0 radical (unpaired) electrons. The lowest BCUT2D eigenvalue weighted by Gasteiger charge is -2.41. The summed E-state index contributed by atoms with van der Waals surface area (Å²) in [7, 11) is 0. The summed E-state index contributed by atoms with van der Waals surface area (Å²) in [4.78, 5) is 47.9.